The molecule has 2 N–H and O–H groups in total. The van der Waals surface area contributed by atoms with Crippen LogP contribution < -0.4 is 10.0 Å². The van der Waals surface area contributed by atoms with Crippen molar-refractivity contribution in [2.24, 2.45) is 11.8 Å². The van der Waals surface area contributed by atoms with Crippen molar-refractivity contribution in [1.29, 1.82) is 0 Å². The Morgan fingerprint density at radius 1 is 1.19 bits per heavy atom. The number of carbonyl (C=O) groups excluding carboxylic acids is 1. The zero-order chi connectivity index (χ0) is 19.4. The van der Waals surface area contributed by atoms with Gasteiger partial charge >= 0.3 is 0 Å². The lowest BCUT2D eigenvalue weighted by Crippen LogP contribution is -2.33. The third kappa shape index (κ3) is 5.60. The number of anilines is 1. The molecule has 3 rings (SSSR count). The van der Waals surface area contributed by atoms with E-state index in [1.165, 1.54) is 23.5 Å². The third-order valence-corrected chi connectivity index (χ3v) is 8.22. The Balaban J connectivity index is 1.46. The van der Waals surface area contributed by atoms with E-state index in [-0.39, 0.29) is 27.8 Å². The minimum absolute atomic E-state index is 0.108. The molecule has 2 aromatic rings. The van der Waals surface area contributed by atoms with Crippen molar-refractivity contribution in [3.63, 3.8) is 0 Å². The summed E-state index contributed by atoms with van der Waals surface area (Å²) in [6.45, 7) is 0.371. The summed E-state index contributed by atoms with van der Waals surface area (Å²) in [5.41, 5.74) is 0.456. The Hall–Kier alpha value is -1.29. The maximum absolute atomic E-state index is 13.2. The van der Waals surface area contributed by atoms with E-state index in [0.717, 1.165) is 16.6 Å². The van der Waals surface area contributed by atoms with E-state index < -0.39 is 10.0 Å². The minimum Gasteiger partial charge on any atom is -0.326 e. The predicted octanol–water partition coefficient (Wildman–Crippen LogP) is 4.37. The van der Waals surface area contributed by atoms with Gasteiger partial charge in [-0.25, -0.2) is 17.5 Å². The molecule has 5 nitrogen and oxygen atoms in total. The van der Waals surface area contributed by atoms with E-state index in [0.29, 0.717) is 25.1 Å². The summed E-state index contributed by atoms with van der Waals surface area (Å²) in [6, 6.07) is 9.12. The number of amides is 1. The minimum atomic E-state index is -3.49. The molecule has 0 radical (unpaired) electrons. The Bertz CT molecular complexity index is 909. The fraction of sp³-hybridized carbons (Fsp3) is 0.389. The van der Waals surface area contributed by atoms with Crippen LogP contribution >= 0.6 is 27.3 Å². The Labute approximate surface area is 170 Å². The summed E-state index contributed by atoms with van der Waals surface area (Å²) in [7, 11) is -3.49. The molecule has 0 atom stereocenters. The van der Waals surface area contributed by atoms with E-state index >= 15 is 0 Å². The van der Waals surface area contributed by atoms with Crippen LogP contribution in [0.1, 0.15) is 25.7 Å². The summed E-state index contributed by atoms with van der Waals surface area (Å²) in [5, 5.41) is 2.75. The monoisotopic (exact) mass is 474 g/mol. The van der Waals surface area contributed by atoms with E-state index in [9.17, 15) is 17.6 Å². The van der Waals surface area contributed by atoms with Crippen LogP contribution in [0, 0.1) is 17.7 Å². The second kappa shape index (κ2) is 8.81. The van der Waals surface area contributed by atoms with Gasteiger partial charge in [0.2, 0.25) is 15.9 Å². The van der Waals surface area contributed by atoms with Crippen molar-refractivity contribution in [3.05, 3.63) is 46.0 Å². The molecule has 146 valence electrons. The molecule has 0 saturated heterocycles. The van der Waals surface area contributed by atoms with Crippen LogP contribution in [0.2, 0.25) is 0 Å². The first-order valence-corrected chi connectivity index (χ1v) is 11.7. The molecule has 0 unspecified atom stereocenters. The van der Waals surface area contributed by atoms with Gasteiger partial charge in [0, 0.05) is 18.2 Å². The first-order valence-electron chi connectivity index (χ1n) is 8.65. The molecule has 9 heteroatoms. The number of benzene rings is 1. The van der Waals surface area contributed by atoms with Crippen molar-refractivity contribution in [2.75, 3.05) is 11.9 Å². The van der Waals surface area contributed by atoms with E-state index in [4.69, 9.17) is 0 Å². The van der Waals surface area contributed by atoms with Crippen LogP contribution in [-0.4, -0.2) is 20.9 Å². The van der Waals surface area contributed by atoms with Gasteiger partial charge < -0.3 is 5.32 Å². The largest absolute Gasteiger partial charge is 0.326 e. The average Bonchev–Trinajstić information content (AvgIpc) is 3.08. The molecule has 1 saturated carbocycles. The molecular weight excluding hydrogens is 455 g/mol. The van der Waals surface area contributed by atoms with Crippen LogP contribution in [0.3, 0.4) is 0 Å². The van der Waals surface area contributed by atoms with Gasteiger partial charge in [-0.15, -0.1) is 11.3 Å². The van der Waals surface area contributed by atoms with Gasteiger partial charge in [0.15, 0.2) is 0 Å². The van der Waals surface area contributed by atoms with Gasteiger partial charge in [-0.1, -0.05) is 6.07 Å². The topological polar surface area (TPSA) is 75.3 Å². The van der Waals surface area contributed by atoms with Crippen LogP contribution in [0.5, 0.6) is 0 Å². The number of hydrogen-bond donors (Lipinski definition) is 2. The van der Waals surface area contributed by atoms with E-state index in [1.54, 1.807) is 24.3 Å². The summed E-state index contributed by atoms with van der Waals surface area (Å²) < 4.78 is 41.5. The zero-order valence-electron chi connectivity index (χ0n) is 14.5. The molecule has 0 spiro atoms. The Kier molecular flexibility index (Phi) is 6.67. The fourth-order valence-electron chi connectivity index (χ4n) is 3.18. The SMILES string of the molecule is O=C(Nc1cccc(F)c1)C1CCC(CNS(=O)(=O)c2ccc(Br)s2)CC1. The van der Waals surface area contributed by atoms with Gasteiger partial charge in [0.1, 0.15) is 10.0 Å². The normalized spacial score (nSPS) is 20.4. The van der Waals surface area contributed by atoms with Crippen molar-refractivity contribution >= 4 is 48.9 Å². The van der Waals surface area contributed by atoms with Crippen molar-refractivity contribution < 1.29 is 17.6 Å². The molecule has 1 aliphatic carbocycles. The second-order valence-corrected chi connectivity index (χ2v) is 11.1. The molecule has 0 bridgehead atoms. The first-order chi connectivity index (χ1) is 12.8. The molecule has 1 heterocycles. The van der Waals surface area contributed by atoms with Gasteiger partial charge in [0.05, 0.1) is 3.79 Å². The van der Waals surface area contributed by atoms with Crippen molar-refractivity contribution in [2.45, 2.75) is 29.9 Å². The highest BCUT2D eigenvalue weighted by atomic mass is 79.9. The molecule has 1 aromatic heterocycles. The lowest BCUT2D eigenvalue weighted by Gasteiger charge is -2.27. The molecule has 1 amide bonds. The highest BCUT2D eigenvalue weighted by Crippen LogP contribution is 2.30. The van der Waals surface area contributed by atoms with E-state index in [2.05, 4.69) is 26.0 Å². The number of halogens is 2. The summed E-state index contributed by atoms with van der Waals surface area (Å²) >= 11 is 4.44. The third-order valence-electron chi connectivity index (χ3n) is 4.69. The molecule has 1 aromatic carbocycles. The predicted molar refractivity (Wildman–Crippen MR) is 108 cm³/mol. The molecular formula is C18H20BrFN2O3S2. The second-order valence-electron chi connectivity index (χ2n) is 6.63. The summed E-state index contributed by atoms with van der Waals surface area (Å²) in [4.78, 5) is 12.3. The summed E-state index contributed by atoms with van der Waals surface area (Å²) in [6.07, 6.45) is 2.94. The Morgan fingerprint density at radius 2 is 1.93 bits per heavy atom. The van der Waals surface area contributed by atoms with Crippen LogP contribution in [0.15, 0.2) is 44.4 Å². The number of hydrogen-bond acceptors (Lipinski definition) is 4. The maximum atomic E-state index is 13.2. The molecule has 27 heavy (non-hydrogen) atoms. The fourth-order valence-corrected chi connectivity index (χ4v) is 6.35. The van der Waals surface area contributed by atoms with E-state index in [1.807, 2.05) is 0 Å². The van der Waals surface area contributed by atoms with Crippen molar-refractivity contribution in [1.82, 2.24) is 4.72 Å². The van der Waals surface area contributed by atoms with Crippen molar-refractivity contribution in [3.8, 4) is 0 Å². The van der Waals surface area contributed by atoms with Crippen LogP contribution in [-0.2, 0) is 14.8 Å². The van der Waals surface area contributed by atoms with Crippen LogP contribution in [0.25, 0.3) is 0 Å². The number of carbonyl (C=O) groups is 1. The Morgan fingerprint density at radius 3 is 2.56 bits per heavy atom. The highest BCUT2D eigenvalue weighted by molar-refractivity contribution is 9.11. The zero-order valence-corrected chi connectivity index (χ0v) is 17.7. The quantitative estimate of drug-likeness (QED) is 0.652. The standard InChI is InChI=1S/C18H20BrFN2O3S2/c19-16-8-9-17(26-16)27(24,25)21-11-12-4-6-13(7-5-12)18(23)22-15-3-1-2-14(20)10-15/h1-3,8-10,12-13,21H,4-7,11H2,(H,22,23). The summed E-state index contributed by atoms with van der Waals surface area (Å²) in [5.74, 6) is -0.416. The average molecular weight is 475 g/mol. The molecule has 0 aliphatic heterocycles. The maximum Gasteiger partial charge on any atom is 0.250 e. The lowest BCUT2D eigenvalue weighted by molar-refractivity contribution is -0.121. The van der Waals surface area contributed by atoms with Gasteiger partial charge in [-0.05, 0) is 77.9 Å². The smallest absolute Gasteiger partial charge is 0.250 e. The number of rotatable bonds is 6. The number of thiophene rings is 1. The number of sulfonamides is 1. The highest BCUT2D eigenvalue weighted by Gasteiger charge is 2.27. The first kappa shape index (κ1) is 20.4. The molecule has 1 aliphatic rings. The van der Waals surface area contributed by atoms with Gasteiger partial charge in [-0.2, -0.15) is 0 Å². The lowest BCUT2D eigenvalue weighted by atomic mass is 9.81. The van der Waals surface area contributed by atoms with Gasteiger partial charge in [0.25, 0.3) is 0 Å². The molecule has 1 fully saturated rings. The van der Waals surface area contributed by atoms with Gasteiger partial charge in [-0.3, -0.25) is 4.79 Å². The van der Waals surface area contributed by atoms with Crippen LogP contribution in [0.4, 0.5) is 10.1 Å². The number of nitrogens with one attached hydrogen (secondary N) is 2.